The molecule has 0 spiro atoms. The molecule has 1 N–H and O–H groups in total. The van der Waals surface area contributed by atoms with Crippen molar-refractivity contribution in [2.75, 3.05) is 6.61 Å². The first kappa shape index (κ1) is 9.47. The van der Waals surface area contributed by atoms with Crippen LogP contribution in [0.3, 0.4) is 0 Å². The molecule has 0 aliphatic heterocycles. The van der Waals surface area contributed by atoms with Gasteiger partial charge in [-0.3, -0.25) is 0 Å². The van der Waals surface area contributed by atoms with Crippen molar-refractivity contribution in [3.63, 3.8) is 0 Å². The van der Waals surface area contributed by atoms with E-state index in [1.165, 1.54) is 5.56 Å². The highest BCUT2D eigenvalue weighted by molar-refractivity contribution is 5.39. The van der Waals surface area contributed by atoms with E-state index in [-0.39, 0.29) is 5.41 Å². The number of benzene rings is 1. The number of aliphatic hydroxyl groups excluding tert-OH is 1. The summed E-state index contributed by atoms with van der Waals surface area (Å²) in [7, 11) is 0. The third-order valence-corrected chi connectivity index (χ3v) is 3.15. The second-order valence-corrected chi connectivity index (χ2v) is 3.99. The number of rotatable bonds is 3. The largest absolute Gasteiger partial charge is 0.396 e. The highest BCUT2D eigenvalue weighted by atomic mass is 16.3. The third kappa shape index (κ3) is 1.38. The Morgan fingerprint density at radius 3 is 2.64 bits per heavy atom. The van der Waals surface area contributed by atoms with Crippen LogP contribution in [-0.4, -0.2) is 11.7 Å². The molecule has 0 heterocycles. The first-order valence-electron chi connectivity index (χ1n) is 5.13. The molecule has 14 heavy (non-hydrogen) atoms. The fourth-order valence-corrected chi connectivity index (χ4v) is 2.28. The molecule has 1 aromatic rings. The summed E-state index contributed by atoms with van der Waals surface area (Å²) in [5.74, 6) is 0.418. The minimum atomic E-state index is 0.130. The zero-order valence-corrected chi connectivity index (χ0v) is 8.48. The minimum absolute atomic E-state index is 0.130. The van der Waals surface area contributed by atoms with E-state index in [1.54, 1.807) is 0 Å². The van der Waals surface area contributed by atoms with Gasteiger partial charge < -0.3 is 5.11 Å². The Bertz CT molecular complexity index is 328. The molecule has 2 rings (SSSR count). The summed E-state index contributed by atoms with van der Waals surface area (Å²) >= 11 is 0. The SMILES string of the molecule is C/C=C/[C@]1(c2ccccc2)C[C@@H]1CO. The molecule has 0 amide bonds. The lowest BCUT2D eigenvalue weighted by Crippen LogP contribution is -2.08. The zero-order valence-electron chi connectivity index (χ0n) is 8.48. The Labute approximate surface area is 85.1 Å². The smallest absolute Gasteiger partial charge is 0.0471 e. The molecule has 2 atom stereocenters. The minimum Gasteiger partial charge on any atom is -0.396 e. The number of allylic oxidation sites excluding steroid dienone is 2. The molecule has 1 heteroatoms. The fraction of sp³-hybridized carbons (Fsp3) is 0.385. The molecule has 0 aromatic heterocycles. The molecule has 1 nitrogen and oxygen atoms in total. The Morgan fingerprint density at radius 1 is 1.43 bits per heavy atom. The molecule has 1 aromatic carbocycles. The van der Waals surface area contributed by atoms with E-state index in [0.717, 1.165) is 6.42 Å². The number of aliphatic hydroxyl groups is 1. The van der Waals surface area contributed by atoms with Gasteiger partial charge in [-0.15, -0.1) is 0 Å². The molecule has 1 aliphatic carbocycles. The van der Waals surface area contributed by atoms with Gasteiger partial charge in [-0.25, -0.2) is 0 Å². The standard InChI is InChI=1S/C13H16O/c1-2-8-13(9-12(13)10-14)11-6-4-3-5-7-11/h2-8,12,14H,9-10H2,1H3/b8-2+/t12-,13-/m1/s1. The van der Waals surface area contributed by atoms with E-state index >= 15 is 0 Å². The fourth-order valence-electron chi connectivity index (χ4n) is 2.28. The summed E-state index contributed by atoms with van der Waals surface area (Å²) in [5.41, 5.74) is 1.46. The van der Waals surface area contributed by atoms with E-state index in [9.17, 15) is 5.11 Å². The Balaban J connectivity index is 2.31. The van der Waals surface area contributed by atoms with Crippen molar-refractivity contribution in [1.29, 1.82) is 0 Å². The lowest BCUT2D eigenvalue weighted by Gasteiger charge is -2.12. The molecule has 1 aliphatic rings. The van der Waals surface area contributed by atoms with E-state index in [4.69, 9.17) is 0 Å². The third-order valence-electron chi connectivity index (χ3n) is 3.15. The van der Waals surface area contributed by atoms with Crippen LogP contribution in [0.25, 0.3) is 0 Å². The van der Waals surface area contributed by atoms with Gasteiger partial charge in [-0.2, -0.15) is 0 Å². The summed E-state index contributed by atoms with van der Waals surface area (Å²) < 4.78 is 0. The molecule has 0 unspecified atom stereocenters. The van der Waals surface area contributed by atoms with Crippen LogP contribution in [0.4, 0.5) is 0 Å². The van der Waals surface area contributed by atoms with Gasteiger partial charge in [-0.05, 0) is 24.8 Å². The summed E-state index contributed by atoms with van der Waals surface area (Å²) in [6.45, 7) is 2.33. The maximum absolute atomic E-state index is 9.20. The molecule has 0 saturated heterocycles. The van der Waals surface area contributed by atoms with Crippen molar-refractivity contribution in [3.8, 4) is 0 Å². The molecular formula is C13H16O. The summed E-state index contributed by atoms with van der Waals surface area (Å²) in [4.78, 5) is 0. The Morgan fingerprint density at radius 2 is 2.14 bits per heavy atom. The Kier molecular flexibility index (Phi) is 2.42. The average molecular weight is 188 g/mol. The van der Waals surface area contributed by atoms with Gasteiger partial charge in [0.15, 0.2) is 0 Å². The topological polar surface area (TPSA) is 20.2 Å². The lowest BCUT2D eigenvalue weighted by atomic mass is 9.93. The van der Waals surface area contributed by atoms with E-state index in [2.05, 4.69) is 36.4 Å². The zero-order chi connectivity index (χ0) is 10.0. The van der Waals surface area contributed by atoms with Crippen molar-refractivity contribution in [3.05, 3.63) is 48.0 Å². The van der Waals surface area contributed by atoms with Gasteiger partial charge in [0, 0.05) is 12.0 Å². The van der Waals surface area contributed by atoms with Crippen LogP contribution in [0.2, 0.25) is 0 Å². The van der Waals surface area contributed by atoms with Crippen LogP contribution in [0.5, 0.6) is 0 Å². The first-order valence-corrected chi connectivity index (χ1v) is 5.13. The highest BCUT2D eigenvalue weighted by Crippen LogP contribution is 2.55. The maximum Gasteiger partial charge on any atom is 0.0471 e. The second-order valence-electron chi connectivity index (χ2n) is 3.99. The van der Waals surface area contributed by atoms with E-state index in [1.807, 2.05) is 13.0 Å². The molecular weight excluding hydrogens is 172 g/mol. The molecule has 1 saturated carbocycles. The lowest BCUT2D eigenvalue weighted by molar-refractivity contribution is 0.268. The van der Waals surface area contributed by atoms with Crippen molar-refractivity contribution in [1.82, 2.24) is 0 Å². The number of hydrogen-bond acceptors (Lipinski definition) is 1. The van der Waals surface area contributed by atoms with Crippen LogP contribution in [-0.2, 0) is 5.41 Å². The second kappa shape index (κ2) is 3.58. The summed E-state index contributed by atoms with van der Waals surface area (Å²) in [6, 6.07) is 10.5. The van der Waals surface area contributed by atoms with Gasteiger partial charge in [-0.1, -0.05) is 42.5 Å². The van der Waals surface area contributed by atoms with Crippen LogP contribution >= 0.6 is 0 Å². The van der Waals surface area contributed by atoms with Gasteiger partial charge in [0.05, 0.1) is 0 Å². The van der Waals surface area contributed by atoms with Crippen LogP contribution in [0.15, 0.2) is 42.5 Å². The van der Waals surface area contributed by atoms with Crippen LogP contribution in [0, 0.1) is 5.92 Å². The van der Waals surface area contributed by atoms with E-state index < -0.39 is 0 Å². The van der Waals surface area contributed by atoms with Gasteiger partial charge in [0.1, 0.15) is 0 Å². The van der Waals surface area contributed by atoms with E-state index in [0.29, 0.717) is 12.5 Å². The van der Waals surface area contributed by atoms with Gasteiger partial charge in [0.25, 0.3) is 0 Å². The molecule has 1 fully saturated rings. The summed E-state index contributed by atoms with van der Waals surface area (Å²) in [6.07, 6.45) is 5.39. The summed E-state index contributed by atoms with van der Waals surface area (Å²) in [5, 5.41) is 9.20. The highest BCUT2D eigenvalue weighted by Gasteiger charge is 2.52. The first-order chi connectivity index (χ1) is 6.83. The predicted molar refractivity (Wildman–Crippen MR) is 58.1 cm³/mol. The van der Waals surface area contributed by atoms with Crippen LogP contribution in [0.1, 0.15) is 18.9 Å². The van der Waals surface area contributed by atoms with Crippen molar-refractivity contribution < 1.29 is 5.11 Å². The normalized spacial score (nSPS) is 30.9. The average Bonchev–Trinajstić information content (AvgIpc) is 2.95. The van der Waals surface area contributed by atoms with Crippen molar-refractivity contribution >= 4 is 0 Å². The predicted octanol–water partition coefficient (Wildman–Crippen LogP) is 2.51. The molecule has 74 valence electrons. The molecule has 0 radical (unpaired) electrons. The van der Waals surface area contributed by atoms with Crippen molar-refractivity contribution in [2.45, 2.75) is 18.8 Å². The van der Waals surface area contributed by atoms with Crippen LogP contribution < -0.4 is 0 Å². The Hall–Kier alpha value is -1.08. The van der Waals surface area contributed by atoms with Crippen molar-refractivity contribution in [2.24, 2.45) is 5.92 Å². The van der Waals surface area contributed by atoms with Gasteiger partial charge >= 0.3 is 0 Å². The monoisotopic (exact) mass is 188 g/mol. The number of hydrogen-bond donors (Lipinski definition) is 1. The quantitative estimate of drug-likeness (QED) is 0.723. The van der Waals surface area contributed by atoms with Gasteiger partial charge in [0.2, 0.25) is 0 Å². The maximum atomic E-state index is 9.20. The molecule has 0 bridgehead atoms.